The molecule has 0 amide bonds. The van der Waals surface area contributed by atoms with E-state index in [-0.39, 0.29) is 4.90 Å². The first-order valence-corrected chi connectivity index (χ1v) is 13.3. The predicted octanol–water partition coefficient (Wildman–Crippen LogP) is 7.88. The molecule has 1 aromatic carbocycles. The van der Waals surface area contributed by atoms with Gasteiger partial charge < -0.3 is 0 Å². The van der Waals surface area contributed by atoms with Crippen molar-refractivity contribution in [3.8, 4) is 0 Å². The van der Waals surface area contributed by atoms with Crippen LogP contribution in [0.25, 0.3) is 0 Å². The summed E-state index contributed by atoms with van der Waals surface area (Å²) in [4.78, 5) is 0.0703. The zero-order chi connectivity index (χ0) is 21.7. The number of aryl methyl sites for hydroxylation is 1. The molecule has 0 aromatic heterocycles. The van der Waals surface area contributed by atoms with Crippen LogP contribution in [0.2, 0.25) is 0 Å². The van der Waals surface area contributed by atoms with E-state index in [9.17, 15) is 13.0 Å². The number of hydrogen-bond donors (Lipinski definition) is 1. The summed E-state index contributed by atoms with van der Waals surface area (Å²) in [5, 5.41) is 0. The van der Waals surface area contributed by atoms with Crippen molar-refractivity contribution < 1.29 is 13.0 Å². The molecule has 0 heterocycles. The molecule has 0 aliphatic carbocycles. The van der Waals surface area contributed by atoms with E-state index >= 15 is 0 Å². The van der Waals surface area contributed by atoms with E-state index in [1.165, 1.54) is 83.5 Å². The molecule has 0 aliphatic rings. The number of rotatable bonds is 16. The fraction of sp³-hybridized carbons (Fsp3) is 0.760. The molecule has 0 radical (unpaired) electrons. The fourth-order valence-electron chi connectivity index (χ4n) is 4.12. The number of benzene rings is 1. The first kappa shape index (κ1) is 26.2. The largest absolute Gasteiger partial charge is 0.294 e. The summed E-state index contributed by atoms with van der Waals surface area (Å²) in [6.07, 6.45) is 19.6. The van der Waals surface area contributed by atoms with Gasteiger partial charge >= 0.3 is 0 Å². The zero-order valence-electron chi connectivity index (χ0n) is 19.4. The Morgan fingerprint density at radius 2 is 1.07 bits per heavy atom. The van der Waals surface area contributed by atoms with E-state index in [0.29, 0.717) is 5.56 Å². The second-order valence-electron chi connectivity index (χ2n) is 8.73. The fourth-order valence-corrected chi connectivity index (χ4v) is 4.95. The maximum atomic E-state index is 11.6. The van der Waals surface area contributed by atoms with Gasteiger partial charge in [-0.15, -0.1) is 0 Å². The van der Waals surface area contributed by atoms with E-state index in [1.54, 1.807) is 13.0 Å². The molecule has 3 nitrogen and oxygen atoms in total. The summed E-state index contributed by atoms with van der Waals surface area (Å²) in [6, 6.07) is 1.68. The predicted molar refractivity (Wildman–Crippen MR) is 124 cm³/mol. The van der Waals surface area contributed by atoms with Crippen molar-refractivity contribution in [3.63, 3.8) is 0 Å². The Kier molecular flexibility index (Phi) is 12.8. The van der Waals surface area contributed by atoms with Crippen LogP contribution in [0, 0.1) is 20.8 Å². The van der Waals surface area contributed by atoms with Crippen LogP contribution in [0.3, 0.4) is 0 Å². The lowest BCUT2D eigenvalue weighted by atomic mass is 9.95. The third-order valence-electron chi connectivity index (χ3n) is 6.36. The van der Waals surface area contributed by atoms with Gasteiger partial charge in [-0.2, -0.15) is 8.42 Å². The van der Waals surface area contributed by atoms with Crippen molar-refractivity contribution in [2.24, 2.45) is 0 Å². The molecule has 0 bridgehead atoms. The highest BCUT2D eigenvalue weighted by Crippen LogP contribution is 2.26. The smallest absolute Gasteiger partial charge is 0.282 e. The SMILES string of the molecule is CCCCCCCCCCCCCCCCc1cc(S(=O)(=O)O)c(C)c(C)c1C. The summed E-state index contributed by atoms with van der Waals surface area (Å²) in [7, 11) is -4.15. The summed E-state index contributed by atoms with van der Waals surface area (Å²) >= 11 is 0. The Morgan fingerprint density at radius 3 is 1.48 bits per heavy atom. The van der Waals surface area contributed by atoms with Gasteiger partial charge in [-0.25, -0.2) is 0 Å². The minimum atomic E-state index is -4.15. The van der Waals surface area contributed by atoms with Crippen molar-refractivity contribution in [1.29, 1.82) is 0 Å². The van der Waals surface area contributed by atoms with Gasteiger partial charge in [0.1, 0.15) is 0 Å². The van der Waals surface area contributed by atoms with Gasteiger partial charge in [0.25, 0.3) is 10.1 Å². The molecule has 168 valence electrons. The maximum absolute atomic E-state index is 11.6. The highest BCUT2D eigenvalue weighted by molar-refractivity contribution is 7.85. The summed E-state index contributed by atoms with van der Waals surface area (Å²) in [5.74, 6) is 0. The highest BCUT2D eigenvalue weighted by Gasteiger charge is 2.18. The topological polar surface area (TPSA) is 54.4 Å². The average Bonchev–Trinajstić information content (AvgIpc) is 2.67. The zero-order valence-corrected chi connectivity index (χ0v) is 20.2. The lowest BCUT2D eigenvalue weighted by Gasteiger charge is -2.15. The van der Waals surface area contributed by atoms with E-state index in [4.69, 9.17) is 0 Å². The van der Waals surface area contributed by atoms with Gasteiger partial charge in [0.15, 0.2) is 0 Å². The minimum Gasteiger partial charge on any atom is -0.282 e. The van der Waals surface area contributed by atoms with E-state index in [1.807, 2.05) is 6.92 Å². The molecule has 0 fully saturated rings. The van der Waals surface area contributed by atoms with Gasteiger partial charge in [0.05, 0.1) is 4.90 Å². The first-order chi connectivity index (χ1) is 13.8. The molecule has 0 aliphatic heterocycles. The first-order valence-electron chi connectivity index (χ1n) is 11.9. The van der Waals surface area contributed by atoms with Crippen LogP contribution in [0.5, 0.6) is 0 Å². The average molecular weight is 425 g/mol. The lowest BCUT2D eigenvalue weighted by molar-refractivity contribution is 0.482. The molecule has 0 unspecified atom stereocenters. The maximum Gasteiger partial charge on any atom is 0.294 e. The molecule has 1 rings (SSSR count). The Balaban J connectivity index is 2.18. The Bertz CT molecular complexity index is 693. The van der Waals surface area contributed by atoms with Crippen molar-refractivity contribution in [2.75, 3.05) is 0 Å². The van der Waals surface area contributed by atoms with Crippen LogP contribution in [0.4, 0.5) is 0 Å². The van der Waals surface area contributed by atoms with Crippen LogP contribution in [-0.4, -0.2) is 13.0 Å². The van der Waals surface area contributed by atoms with Crippen molar-refractivity contribution in [1.82, 2.24) is 0 Å². The molecular formula is C25H44O3S. The highest BCUT2D eigenvalue weighted by atomic mass is 32.2. The molecule has 0 saturated heterocycles. The van der Waals surface area contributed by atoms with Gasteiger partial charge in [-0.3, -0.25) is 4.55 Å². The van der Waals surface area contributed by atoms with Crippen LogP contribution in [-0.2, 0) is 16.5 Å². The third kappa shape index (κ3) is 10.1. The molecule has 0 spiro atoms. The third-order valence-corrected chi connectivity index (χ3v) is 7.34. The summed E-state index contributed by atoms with van der Waals surface area (Å²) in [5.41, 5.74) is 3.85. The van der Waals surface area contributed by atoms with E-state index in [2.05, 4.69) is 13.8 Å². The van der Waals surface area contributed by atoms with Crippen LogP contribution < -0.4 is 0 Å². The van der Waals surface area contributed by atoms with Gasteiger partial charge in [0, 0.05) is 0 Å². The number of unbranched alkanes of at least 4 members (excludes halogenated alkanes) is 13. The van der Waals surface area contributed by atoms with Crippen LogP contribution in [0.15, 0.2) is 11.0 Å². The Labute approximate surface area is 180 Å². The van der Waals surface area contributed by atoms with E-state index < -0.39 is 10.1 Å². The van der Waals surface area contributed by atoms with Crippen molar-refractivity contribution >= 4 is 10.1 Å². The Hall–Kier alpha value is -0.870. The van der Waals surface area contributed by atoms with Crippen molar-refractivity contribution in [3.05, 3.63) is 28.3 Å². The van der Waals surface area contributed by atoms with Crippen LogP contribution in [0.1, 0.15) is 119 Å². The molecule has 1 N–H and O–H groups in total. The number of hydrogen-bond acceptors (Lipinski definition) is 2. The van der Waals surface area contributed by atoms with Gasteiger partial charge in [0.2, 0.25) is 0 Å². The second-order valence-corrected chi connectivity index (χ2v) is 10.1. The van der Waals surface area contributed by atoms with Gasteiger partial charge in [-0.1, -0.05) is 90.4 Å². The van der Waals surface area contributed by atoms with E-state index in [0.717, 1.165) is 29.5 Å². The molecule has 4 heteroatoms. The molecule has 0 atom stereocenters. The standard InChI is InChI=1S/C25H44O3S/c1-5-6-7-8-9-10-11-12-13-14-15-16-17-18-19-24-20-25(29(26,27)28)23(4)21(2)22(24)3/h20H,5-19H2,1-4H3,(H,26,27,28). The quantitative estimate of drug-likeness (QED) is 0.217. The molecule has 1 aromatic rings. The molecule has 29 heavy (non-hydrogen) atoms. The molecular weight excluding hydrogens is 380 g/mol. The monoisotopic (exact) mass is 424 g/mol. The summed E-state index contributed by atoms with van der Waals surface area (Å²) < 4.78 is 32.7. The Morgan fingerprint density at radius 1 is 0.655 bits per heavy atom. The second kappa shape index (κ2) is 14.2. The van der Waals surface area contributed by atoms with Gasteiger partial charge in [-0.05, 0) is 61.9 Å². The van der Waals surface area contributed by atoms with Crippen LogP contribution >= 0.6 is 0 Å². The summed E-state index contributed by atoms with van der Waals surface area (Å²) in [6.45, 7) is 8.02. The normalized spacial score (nSPS) is 11.9. The minimum absolute atomic E-state index is 0.0703. The lowest BCUT2D eigenvalue weighted by Crippen LogP contribution is -2.06. The van der Waals surface area contributed by atoms with Crippen molar-refractivity contribution in [2.45, 2.75) is 129 Å². The molecule has 0 saturated carbocycles.